The molecule has 0 saturated carbocycles. The van der Waals surface area contributed by atoms with E-state index in [0.717, 1.165) is 13.1 Å². The first-order valence-corrected chi connectivity index (χ1v) is 8.72. The summed E-state index contributed by atoms with van der Waals surface area (Å²) in [5, 5.41) is 11.1. The highest BCUT2D eigenvalue weighted by Gasteiger charge is 2.24. The van der Waals surface area contributed by atoms with Crippen LogP contribution in [0, 0.1) is 12.7 Å². The Labute approximate surface area is 151 Å². The molecule has 3 rings (SSSR count). The zero-order chi connectivity index (χ0) is 18.8. The Morgan fingerprint density at radius 3 is 2.38 bits per heavy atom. The highest BCUT2D eigenvalue weighted by atomic mass is 19.1. The molecule has 3 aromatic rings. The molecule has 4 nitrogen and oxygen atoms in total. The van der Waals surface area contributed by atoms with Gasteiger partial charge in [-0.05, 0) is 56.4 Å². The minimum Gasteiger partial charge on any atom is -0.508 e. The molecule has 0 amide bonds. The van der Waals surface area contributed by atoms with E-state index in [1.54, 1.807) is 19.1 Å². The first kappa shape index (κ1) is 18.1. The topological polar surface area (TPSA) is 53.7 Å². The number of phenols is 1. The van der Waals surface area contributed by atoms with Gasteiger partial charge in [0.2, 0.25) is 0 Å². The van der Waals surface area contributed by atoms with Gasteiger partial charge in [0.15, 0.2) is 5.78 Å². The standard InChI is InChI=1S/C21H22FNO3/c1-4-23(5-2)12-16-17(24)10-11-18-20(16)19(13(3)26-18)21(25)14-6-8-15(22)9-7-14/h6-11,24H,4-5,12H2,1-3H3. The molecule has 0 aliphatic rings. The van der Waals surface area contributed by atoms with Gasteiger partial charge in [-0.1, -0.05) is 13.8 Å². The predicted octanol–water partition coefficient (Wildman–Crippen LogP) is 4.66. The van der Waals surface area contributed by atoms with Gasteiger partial charge < -0.3 is 9.52 Å². The molecule has 1 N–H and O–H groups in total. The lowest BCUT2D eigenvalue weighted by Crippen LogP contribution is -2.22. The summed E-state index contributed by atoms with van der Waals surface area (Å²) in [4.78, 5) is 15.2. The second kappa shape index (κ2) is 7.30. The average molecular weight is 355 g/mol. The molecule has 0 saturated heterocycles. The van der Waals surface area contributed by atoms with Crippen molar-refractivity contribution in [2.45, 2.75) is 27.3 Å². The van der Waals surface area contributed by atoms with E-state index in [0.29, 0.717) is 40.0 Å². The normalized spacial score (nSPS) is 11.4. The van der Waals surface area contributed by atoms with Crippen molar-refractivity contribution in [3.05, 3.63) is 64.7 Å². The molecule has 0 bridgehead atoms. The van der Waals surface area contributed by atoms with Crippen LogP contribution in [0.2, 0.25) is 0 Å². The van der Waals surface area contributed by atoms with Crippen molar-refractivity contribution in [2.24, 2.45) is 0 Å². The second-order valence-corrected chi connectivity index (χ2v) is 6.27. The number of hydrogen-bond donors (Lipinski definition) is 1. The van der Waals surface area contributed by atoms with Crippen molar-refractivity contribution in [3.8, 4) is 5.75 Å². The van der Waals surface area contributed by atoms with Gasteiger partial charge in [-0.15, -0.1) is 0 Å². The maximum Gasteiger partial charge on any atom is 0.197 e. The first-order valence-electron chi connectivity index (χ1n) is 8.72. The maximum absolute atomic E-state index is 13.2. The van der Waals surface area contributed by atoms with E-state index in [-0.39, 0.29) is 11.5 Å². The summed E-state index contributed by atoms with van der Waals surface area (Å²) in [6, 6.07) is 8.71. The van der Waals surface area contributed by atoms with E-state index in [9.17, 15) is 14.3 Å². The van der Waals surface area contributed by atoms with Crippen LogP contribution in [0.5, 0.6) is 5.75 Å². The van der Waals surface area contributed by atoms with Crippen molar-refractivity contribution in [1.29, 1.82) is 0 Å². The predicted molar refractivity (Wildman–Crippen MR) is 99.1 cm³/mol. The van der Waals surface area contributed by atoms with Gasteiger partial charge in [0.1, 0.15) is 22.9 Å². The number of nitrogens with zero attached hydrogens (tertiary/aromatic N) is 1. The van der Waals surface area contributed by atoms with Crippen LogP contribution in [0.3, 0.4) is 0 Å². The number of hydrogen-bond acceptors (Lipinski definition) is 4. The molecule has 136 valence electrons. The molecule has 1 heterocycles. The van der Waals surface area contributed by atoms with Gasteiger partial charge in [0, 0.05) is 23.1 Å². The van der Waals surface area contributed by atoms with E-state index >= 15 is 0 Å². The van der Waals surface area contributed by atoms with Crippen LogP contribution in [0.4, 0.5) is 4.39 Å². The number of furan rings is 1. The third kappa shape index (κ3) is 3.22. The molecule has 0 aliphatic heterocycles. The molecule has 26 heavy (non-hydrogen) atoms. The fraction of sp³-hybridized carbons (Fsp3) is 0.286. The Balaban J connectivity index is 2.18. The Morgan fingerprint density at radius 1 is 1.12 bits per heavy atom. The third-order valence-electron chi connectivity index (χ3n) is 4.72. The summed E-state index contributed by atoms with van der Waals surface area (Å²) in [6.45, 7) is 7.99. The maximum atomic E-state index is 13.2. The van der Waals surface area contributed by atoms with E-state index in [4.69, 9.17) is 4.42 Å². The van der Waals surface area contributed by atoms with Gasteiger partial charge >= 0.3 is 0 Å². The van der Waals surface area contributed by atoms with E-state index in [2.05, 4.69) is 4.90 Å². The van der Waals surface area contributed by atoms with Crippen LogP contribution in [0.1, 0.15) is 41.1 Å². The minimum atomic E-state index is -0.393. The Kier molecular flexibility index (Phi) is 5.09. The van der Waals surface area contributed by atoms with Crippen molar-refractivity contribution in [3.63, 3.8) is 0 Å². The molecule has 0 spiro atoms. The molecule has 1 aromatic heterocycles. The van der Waals surface area contributed by atoms with Crippen LogP contribution in [-0.4, -0.2) is 28.9 Å². The van der Waals surface area contributed by atoms with Crippen LogP contribution >= 0.6 is 0 Å². The van der Waals surface area contributed by atoms with E-state index < -0.39 is 5.82 Å². The van der Waals surface area contributed by atoms with Crippen LogP contribution in [0.25, 0.3) is 11.0 Å². The van der Waals surface area contributed by atoms with Gasteiger partial charge in [-0.2, -0.15) is 0 Å². The smallest absolute Gasteiger partial charge is 0.197 e. The number of ketones is 1. The molecule has 0 aliphatic carbocycles. The fourth-order valence-corrected chi connectivity index (χ4v) is 3.22. The van der Waals surface area contributed by atoms with E-state index in [1.807, 2.05) is 13.8 Å². The molecule has 2 aromatic carbocycles. The number of rotatable bonds is 6. The SMILES string of the molecule is CCN(CC)Cc1c(O)ccc2oc(C)c(C(=O)c3ccc(F)cc3)c12. The number of halogens is 1. The summed E-state index contributed by atoms with van der Waals surface area (Å²) in [5.41, 5.74) is 2.04. The first-order chi connectivity index (χ1) is 12.5. The van der Waals surface area contributed by atoms with Gasteiger partial charge in [0.05, 0.1) is 5.56 Å². The highest BCUT2D eigenvalue weighted by Crippen LogP contribution is 2.35. The minimum absolute atomic E-state index is 0.137. The Morgan fingerprint density at radius 2 is 1.77 bits per heavy atom. The zero-order valence-electron chi connectivity index (χ0n) is 15.2. The average Bonchev–Trinajstić information content (AvgIpc) is 2.97. The highest BCUT2D eigenvalue weighted by molar-refractivity contribution is 6.17. The Bertz CT molecular complexity index is 940. The number of aromatic hydroxyl groups is 1. The second-order valence-electron chi connectivity index (χ2n) is 6.27. The number of fused-ring (bicyclic) bond motifs is 1. The lowest BCUT2D eigenvalue weighted by atomic mass is 9.96. The van der Waals surface area contributed by atoms with Crippen molar-refractivity contribution < 1.29 is 18.7 Å². The number of benzene rings is 2. The molecule has 0 radical (unpaired) electrons. The summed E-state index contributed by atoms with van der Waals surface area (Å²) >= 11 is 0. The lowest BCUT2D eigenvalue weighted by molar-refractivity contribution is 0.103. The van der Waals surface area contributed by atoms with Gasteiger partial charge in [-0.25, -0.2) is 4.39 Å². The Hall–Kier alpha value is -2.66. The van der Waals surface area contributed by atoms with Crippen LogP contribution in [0.15, 0.2) is 40.8 Å². The van der Waals surface area contributed by atoms with Crippen LogP contribution in [-0.2, 0) is 6.54 Å². The molecular formula is C21H22FNO3. The molecule has 0 fully saturated rings. The number of phenolic OH excluding ortho intramolecular Hbond substituents is 1. The fourth-order valence-electron chi connectivity index (χ4n) is 3.22. The number of carbonyl (C=O) groups is 1. The van der Waals surface area contributed by atoms with Crippen LogP contribution < -0.4 is 0 Å². The van der Waals surface area contributed by atoms with E-state index in [1.165, 1.54) is 24.3 Å². The summed E-state index contributed by atoms with van der Waals surface area (Å²) < 4.78 is 19.0. The number of aryl methyl sites for hydroxylation is 1. The zero-order valence-corrected chi connectivity index (χ0v) is 15.2. The molecule has 0 unspecified atom stereocenters. The summed E-state index contributed by atoms with van der Waals surface area (Å²) in [6.07, 6.45) is 0. The monoisotopic (exact) mass is 355 g/mol. The molecule has 5 heteroatoms. The molecule has 0 atom stereocenters. The largest absolute Gasteiger partial charge is 0.508 e. The third-order valence-corrected chi connectivity index (χ3v) is 4.72. The van der Waals surface area contributed by atoms with Gasteiger partial charge in [-0.3, -0.25) is 9.69 Å². The lowest BCUT2D eigenvalue weighted by Gasteiger charge is -2.19. The molecular weight excluding hydrogens is 333 g/mol. The van der Waals surface area contributed by atoms with Gasteiger partial charge in [0.25, 0.3) is 0 Å². The van der Waals surface area contributed by atoms with Crippen molar-refractivity contribution in [2.75, 3.05) is 13.1 Å². The van der Waals surface area contributed by atoms with Crippen molar-refractivity contribution in [1.82, 2.24) is 4.90 Å². The summed E-state index contributed by atoms with van der Waals surface area (Å²) in [5.74, 6) is -0.0121. The summed E-state index contributed by atoms with van der Waals surface area (Å²) in [7, 11) is 0. The number of carbonyl (C=O) groups excluding carboxylic acids is 1. The van der Waals surface area contributed by atoms with Crippen molar-refractivity contribution >= 4 is 16.8 Å². The quantitative estimate of drug-likeness (QED) is 0.654.